The molecule has 6 heteroatoms. The third-order valence-corrected chi connectivity index (χ3v) is 3.83. The van der Waals surface area contributed by atoms with Crippen LogP contribution in [0, 0.1) is 0 Å². The summed E-state index contributed by atoms with van der Waals surface area (Å²) >= 11 is 0. The SMILES string of the molecule is COc1ccc(C(=O)OC(C)C(=O)NCCc2ccccc2)cc1OC. The van der Waals surface area contributed by atoms with E-state index in [0.29, 0.717) is 24.5 Å². The predicted octanol–water partition coefficient (Wildman–Crippen LogP) is 2.61. The standard InChI is InChI=1S/C20H23NO5/c1-14(19(22)21-12-11-15-7-5-4-6-8-15)26-20(23)16-9-10-17(24-2)18(13-16)25-3/h4-10,13-14H,11-12H2,1-3H3,(H,21,22). The average molecular weight is 357 g/mol. The van der Waals surface area contributed by atoms with Crippen molar-refractivity contribution in [2.75, 3.05) is 20.8 Å². The fourth-order valence-corrected chi connectivity index (χ4v) is 2.36. The quantitative estimate of drug-likeness (QED) is 0.735. The van der Waals surface area contributed by atoms with Crippen molar-refractivity contribution in [1.29, 1.82) is 0 Å². The van der Waals surface area contributed by atoms with Crippen molar-refractivity contribution < 1.29 is 23.8 Å². The first-order valence-corrected chi connectivity index (χ1v) is 8.29. The van der Waals surface area contributed by atoms with Crippen molar-refractivity contribution in [2.24, 2.45) is 0 Å². The molecule has 2 aromatic carbocycles. The van der Waals surface area contributed by atoms with Crippen LogP contribution in [0.3, 0.4) is 0 Å². The first-order valence-electron chi connectivity index (χ1n) is 8.29. The fraction of sp³-hybridized carbons (Fsp3) is 0.300. The molecule has 0 aliphatic carbocycles. The number of amides is 1. The topological polar surface area (TPSA) is 73.9 Å². The van der Waals surface area contributed by atoms with Gasteiger partial charge in [-0.25, -0.2) is 4.79 Å². The summed E-state index contributed by atoms with van der Waals surface area (Å²) in [7, 11) is 2.99. The van der Waals surface area contributed by atoms with E-state index in [0.717, 1.165) is 5.56 Å². The zero-order valence-electron chi connectivity index (χ0n) is 15.2. The Morgan fingerprint density at radius 2 is 1.69 bits per heavy atom. The molecule has 1 amide bonds. The van der Waals surface area contributed by atoms with Crippen LogP contribution in [0.5, 0.6) is 11.5 Å². The highest BCUT2D eigenvalue weighted by atomic mass is 16.5. The van der Waals surface area contributed by atoms with Crippen LogP contribution in [0.15, 0.2) is 48.5 Å². The Morgan fingerprint density at radius 3 is 2.35 bits per heavy atom. The van der Waals surface area contributed by atoms with Gasteiger partial charge < -0.3 is 19.5 Å². The molecule has 0 radical (unpaired) electrons. The molecule has 0 saturated heterocycles. The molecule has 0 fully saturated rings. The Bertz CT molecular complexity index is 745. The van der Waals surface area contributed by atoms with E-state index in [9.17, 15) is 9.59 Å². The zero-order valence-corrected chi connectivity index (χ0v) is 15.2. The normalized spacial score (nSPS) is 11.3. The second-order valence-corrected chi connectivity index (χ2v) is 5.64. The Balaban J connectivity index is 1.86. The zero-order chi connectivity index (χ0) is 18.9. The monoisotopic (exact) mass is 357 g/mol. The van der Waals surface area contributed by atoms with Crippen molar-refractivity contribution >= 4 is 11.9 Å². The number of nitrogens with one attached hydrogen (secondary N) is 1. The van der Waals surface area contributed by atoms with Crippen LogP contribution in [0.2, 0.25) is 0 Å². The largest absolute Gasteiger partial charge is 0.493 e. The van der Waals surface area contributed by atoms with Gasteiger partial charge in [-0.05, 0) is 37.1 Å². The van der Waals surface area contributed by atoms with E-state index in [2.05, 4.69) is 5.32 Å². The van der Waals surface area contributed by atoms with Crippen LogP contribution >= 0.6 is 0 Å². The molecule has 0 saturated carbocycles. The Labute approximate surface area is 153 Å². The molecule has 1 unspecified atom stereocenters. The van der Waals surface area contributed by atoms with Crippen molar-refractivity contribution in [2.45, 2.75) is 19.4 Å². The molecule has 0 bridgehead atoms. The average Bonchev–Trinajstić information content (AvgIpc) is 2.67. The number of esters is 1. The second-order valence-electron chi connectivity index (χ2n) is 5.64. The van der Waals surface area contributed by atoms with Gasteiger partial charge in [0.05, 0.1) is 19.8 Å². The van der Waals surface area contributed by atoms with Gasteiger partial charge in [0.1, 0.15) is 0 Å². The lowest BCUT2D eigenvalue weighted by molar-refractivity contribution is -0.129. The maximum absolute atomic E-state index is 12.2. The minimum atomic E-state index is -0.897. The first kappa shape index (κ1) is 19.3. The summed E-state index contributed by atoms with van der Waals surface area (Å²) in [5, 5.41) is 2.77. The molecule has 2 rings (SSSR count). The van der Waals surface area contributed by atoms with Gasteiger partial charge in [0, 0.05) is 6.54 Å². The van der Waals surface area contributed by atoms with Gasteiger partial charge >= 0.3 is 5.97 Å². The number of benzene rings is 2. The highest BCUT2D eigenvalue weighted by Gasteiger charge is 2.19. The minimum Gasteiger partial charge on any atom is -0.493 e. The highest BCUT2D eigenvalue weighted by Crippen LogP contribution is 2.27. The minimum absolute atomic E-state index is 0.284. The molecule has 0 aromatic heterocycles. The lowest BCUT2D eigenvalue weighted by atomic mass is 10.1. The lowest BCUT2D eigenvalue weighted by Crippen LogP contribution is -2.36. The van der Waals surface area contributed by atoms with Crippen LogP contribution in [0.25, 0.3) is 0 Å². The van der Waals surface area contributed by atoms with E-state index >= 15 is 0 Å². The van der Waals surface area contributed by atoms with Crippen molar-refractivity contribution in [1.82, 2.24) is 5.32 Å². The fourth-order valence-electron chi connectivity index (χ4n) is 2.36. The first-order chi connectivity index (χ1) is 12.5. The third kappa shape index (κ3) is 5.24. The number of hydrogen-bond acceptors (Lipinski definition) is 5. The molecule has 0 aliphatic heterocycles. The molecular formula is C20H23NO5. The molecular weight excluding hydrogens is 334 g/mol. The molecule has 0 heterocycles. The highest BCUT2D eigenvalue weighted by molar-refractivity contribution is 5.92. The number of rotatable bonds is 8. The van der Waals surface area contributed by atoms with E-state index in [1.54, 1.807) is 12.1 Å². The maximum Gasteiger partial charge on any atom is 0.339 e. The van der Waals surface area contributed by atoms with Gasteiger partial charge in [-0.1, -0.05) is 30.3 Å². The number of ether oxygens (including phenoxy) is 3. The van der Waals surface area contributed by atoms with Crippen LogP contribution in [-0.4, -0.2) is 38.7 Å². The van der Waals surface area contributed by atoms with Gasteiger partial charge in [-0.2, -0.15) is 0 Å². The summed E-state index contributed by atoms with van der Waals surface area (Å²) in [6.45, 7) is 2.01. The van der Waals surface area contributed by atoms with Gasteiger partial charge in [0.25, 0.3) is 5.91 Å². The molecule has 0 aliphatic rings. The second kappa shape index (κ2) is 9.46. The molecule has 0 spiro atoms. The van der Waals surface area contributed by atoms with E-state index in [4.69, 9.17) is 14.2 Å². The van der Waals surface area contributed by atoms with Gasteiger partial charge in [-0.3, -0.25) is 4.79 Å². The van der Waals surface area contributed by atoms with Gasteiger partial charge in [0.2, 0.25) is 0 Å². The van der Waals surface area contributed by atoms with Gasteiger partial charge in [-0.15, -0.1) is 0 Å². The summed E-state index contributed by atoms with van der Waals surface area (Å²) in [5.41, 5.74) is 1.41. The Hall–Kier alpha value is -3.02. The number of hydrogen-bond donors (Lipinski definition) is 1. The number of carbonyl (C=O) groups is 2. The molecule has 1 atom stereocenters. The van der Waals surface area contributed by atoms with Crippen LogP contribution in [0.1, 0.15) is 22.8 Å². The number of carbonyl (C=O) groups excluding carboxylic acids is 2. The molecule has 6 nitrogen and oxygen atoms in total. The summed E-state index contributed by atoms with van der Waals surface area (Å²) in [4.78, 5) is 24.3. The molecule has 138 valence electrons. The smallest absolute Gasteiger partial charge is 0.339 e. The maximum atomic E-state index is 12.2. The molecule has 26 heavy (non-hydrogen) atoms. The van der Waals surface area contributed by atoms with E-state index < -0.39 is 12.1 Å². The third-order valence-electron chi connectivity index (χ3n) is 3.83. The summed E-state index contributed by atoms with van der Waals surface area (Å²) in [6.07, 6.45) is -0.186. The van der Waals surface area contributed by atoms with Crippen molar-refractivity contribution in [3.63, 3.8) is 0 Å². The van der Waals surface area contributed by atoms with Crippen molar-refractivity contribution in [3.8, 4) is 11.5 Å². The lowest BCUT2D eigenvalue weighted by Gasteiger charge is -2.14. The van der Waals surface area contributed by atoms with Crippen LogP contribution in [0.4, 0.5) is 0 Å². The number of methoxy groups -OCH3 is 2. The molecule has 2 aromatic rings. The van der Waals surface area contributed by atoms with Crippen LogP contribution in [-0.2, 0) is 16.0 Å². The van der Waals surface area contributed by atoms with Crippen LogP contribution < -0.4 is 14.8 Å². The Kier molecular flexibility index (Phi) is 7.02. The Morgan fingerprint density at radius 1 is 1.00 bits per heavy atom. The van der Waals surface area contributed by atoms with Gasteiger partial charge in [0.15, 0.2) is 17.6 Å². The van der Waals surface area contributed by atoms with E-state index in [1.807, 2.05) is 30.3 Å². The molecule has 1 N–H and O–H groups in total. The summed E-state index contributed by atoms with van der Waals surface area (Å²) in [5.74, 6) is -0.0101. The summed E-state index contributed by atoms with van der Waals surface area (Å²) in [6, 6.07) is 14.5. The predicted molar refractivity (Wildman–Crippen MR) is 97.6 cm³/mol. The van der Waals surface area contributed by atoms with E-state index in [1.165, 1.54) is 27.2 Å². The van der Waals surface area contributed by atoms with Crippen molar-refractivity contribution in [3.05, 3.63) is 59.7 Å². The summed E-state index contributed by atoms with van der Waals surface area (Å²) < 4.78 is 15.5. The van der Waals surface area contributed by atoms with E-state index in [-0.39, 0.29) is 11.5 Å².